The number of carbonyl (C=O) groups excluding carboxylic acids is 2. The number of imide groups is 1. The maximum Gasteiger partial charge on any atom is 0.259 e. The minimum absolute atomic E-state index is 0.365. The number of nitrogens with two attached hydrogens (primary N) is 1. The van der Waals surface area contributed by atoms with Gasteiger partial charge >= 0.3 is 0 Å². The molecule has 3 rings (SSSR count). The molecule has 0 aliphatic carbocycles. The van der Waals surface area contributed by atoms with Crippen LogP contribution in [0.4, 0.5) is 17.1 Å². The number of benzene rings is 2. The molecular weight excluding hydrogens is 270 g/mol. The highest BCUT2D eigenvalue weighted by Crippen LogP contribution is 2.28. The van der Waals surface area contributed by atoms with Crippen molar-refractivity contribution in [2.75, 3.05) is 18.2 Å². The summed E-state index contributed by atoms with van der Waals surface area (Å²) in [7, 11) is 1.54. The van der Waals surface area contributed by atoms with Gasteiger partial charge in [-0.2, -0.15) is 0 Å². The van der Waals surface area contributed by atoms with Crippen molar-refractivity contribution in [3.63, 3.8) is 0 Å². The minimum atomic E-state index is -0.381. The van der Waals surface area contributed by atoms with Crippen LogP contribution >= 0.6 is 0 Å². The van der Waals surface area contributed by atoms with Crippen LogP contribution in [-0.2, 0) is 0 Å². The molecule has 6 heteroatoms. The Bertz CT molecular complexity index is 756. The molecule has 1 aliphatic heterocycles. The van der Waals surface area contributed by atoms with E-state index in [9.17, 15) is 9.59 Å². The molecule has 0 fully saturated rings. The molecule has 4 N–H and O–H groups in total. The Balaban J connectivity index is 1.91. The van der Waals surface area contributed by atoms with Crippen LogP contribution in [0.1, 0.15) is 20.7 Å². The van der Waals surface area contributed by atoms with Crippen molar-refractivity contribution in [3.05, 3.63) is 47.5 Å². The van der Waals surface area contributed by atoms with Crippen LogP contribution in [0.25, 0.3) is 0 Å². The number of ether oxygens (including phenoxy) is 1. The van der Waals surface area contributed by atoms with Crippen molar-refractivity contribution in [2.24, 2.45) is 0 Å². The number of nitrogens with one attached hydrogen (secondary N) is 2. The number of hydrogen-bond acceptors (Lipinski definition) is 5. The lowest BCUT2D eigenvalue weighted by atomic mass is 10.1. The van der Waals surface area contributed by atoms with E-state index < -0.39 is 0 Å². The van der Waals surface area contributed by atoms with Gasteiger partial charge in [-0.15, -0.1) is 0 Å². The molecule has 0 aromatic heterocycles. The van der Waals surface area contributed by atoms with Gasteiger partial charge in [-0.25, -0.2) is 0 Å². The summed E-state index contributed by atoms with van der Waals surface area (Å²) < 4.78 is 5.15. The van der Waals surface area contributed by atoms with Crippen LogP contribution in [0.15, 0.2) is 36.4 Å². The third kappa shape index (κ3) is 2.27. The maximum absolute atomic E-state index is 11.6. The van der Waals surface area contributed by atoms with Crippen molar-refractivity contribution in [2.45, 2.75) is 0 Å². The van der Waals surface area contributed by atoms with Gasteiger partial charge in [0.2, 0.25) is 0 Å². The van der Waals surface area contributed by atoms with Crippen molar-refractivity contribution in [1.29, 1.82) is 0 Å². The monoisotopic (exact) mass is 283 g/mol. The standard InChI is InChI=1S/C15H13N3O3/c1-21-13-7-9(3-5-12(13)16)17-8-2-4-10-11(6-8)15(20)18-14(10)19/h2-7,17H,16H2,1H3,(H,18,19,20). The molecule has 6 nitrogen and oxygen atoms in total. The second kappa shape index (κ2) is 4.82. The van der Waals surface area contributed by atoms with E-state index in [0.29, 0.717) is 28.3 Å². The Morgan fingerprint density at radius 1 is 1.00 bits per heavy atom. The molecule has 1 heterocycles. The van der Waals surface area contributed by atoms with Gasteiger partial charge in [0, 0.05) is 17.4 Å². The largest absolute Gasteiger partial charge is 0.495 e. The predicted octanol–water partition coefficient (Wildman–Crippen LogP) is 1.90. The number of amides is 2. The van der Waals surface area contributed by atoms with E-state index in [0.717, 1.165) is 5.69 Å². The van der Waals surface area contributed by atoms with E-state index in [1.54, 1.807) is 43.5 Å². The van der Waals surface area contributed by atoms with Crippen LogP contribution in [-0.4, -0.2) is 18.9 Å². The van der Waals surface area contributed by atoms with E-state index in [2.05, 4.69) is 10.6 Å². The smallest absolute Gasteiger partial charge is 0.259 e. The normalized spacial score (nSPS) is 12.8. The Hall–Kier alpha value is -3.02. The van der Waals surface area contributed by atoms with Crippen LogP contribution in [0.3, 0.4) is 0 Å². The third-order valence-electron chi connectivity index (χ3n) is 3.26. The zero-order chi connectivity index (χ0) is 15.0. The minimum Gasteiger partial charge on any atom is -0.495 e. The summed E-state index contributed by atoms with van der Waals surface area (Å²) >= 11 is 0. The van der Waals surface area contributed by atoms with Gasteiger partial charge in [0.25, 0.3) is 11.8 Å². The molecule has 0 saturated heterocycles. The van der Waals surface area contributed by atoms with Crippen LogP contribution in [0, 0.1) is 0 Å². The molecule has 106 valence electrons. The Kier molecular flexibility index (Phi) is 2.98. The molecule has 0 bridgehead atoms. The van der Waals surface area contributed by atoms with Crippen LogP contribution in [0.5, 0.6) is 5.75 Å². The summed E-state index contributed by atoms with van der Waals surface area (Å²) in [5, 5.41) is 5.40. The van der Waals surface area contributed by atoms with Gasteiger partial charge in [0.05, 0.1) is 23.9 Å². The first-order valence-corrected chi connectivity index (χ1v) is 6.29. The average Bonchev–Trinajstić information content (AvgIpc) is 2.76. The number of hydrogen-bond donors (Lipinski definition) is 3. The van der Waals surface area contributed by atoms with Crippen molar-refractivity contribution in [1.82, 2.24) is 5.32 Å². The second-order valence-electron chi connectivity index (χ2n) is 4.63. The summed E-state index contributed by atoms with van der Waals surface area (Å²) in [6, 6.07) is 10.3. The summed E-state index contributed by atoms with van der Waals surface area (Å²) in [5.74, 6) is -0.182. The SMILES string of the molecule is COc1cc(Nc2ccc3c(c2)C(=O)NC3=O)ccc1N. The first-order valence-electron chi connectivity index (χ1n) is 6.29. The molecule has 21 heavy (non-hydrogen) atoms. The fraction of sp³-hybridized carbons (Fsp3) is 0.0667. The molecule has 0 unspecified atom stereocenters. The fourth-order valence-corrected chi connectivity index (χ4v) is 2.20. The topological polar surface area (TPSA) is 93.5 Å². The number of fused-ring (bicyclic) bond motifs is 1. The van der Waals surface area contributed by atoms with Gasteiger partial charge in [0.15, 0.2) is 0 Å². The Morgan fingerprint density at radius 2 is 1.67 bits per heavy atom. The van der Waals surface area contributed by atoms with E-state index >= 15 is 0 Å². The Labute approximate surface area is 120 Å². The van der Waals surface area contributed by atoms with Crippen molar-refractivity contribution < 1.29 is 14.3 Å². The van der Waals surface area contributed by atoms with Crippen LogP contribution in [0.2, 0.25) is 0 Å². The quantitative estimate of drug-likeness (QED) is 0.591. The molecule has 2 amide bonds. The molecule has 1 aliphatic rings. The number of methoxy groups -OCH3 is 1. The fourth-order valence-electron chi connectivity index (χ4n) is 2.20. The lowest BCUT2D eigenvalue weighted by Crippen LogP contribution is -2.19. The van der Waals surface area contributed by atoms with E-state index in [1.165, 1.54) is 0 Å². The first-order chi connectivity index (χ1) is 10.1. The molecule has 0 spiro atoms. The third-order valence-corrected chi connectivity index (χ3v) is 3.26. The summed E-state index contributed by atoms with van der Waals surface area (Å²) in [4.78, 5) is 23.1. The van der Waals surface area contributed by atoms with Crippen LogP contribution < -0.4 is 21.1 Å². The molecule has 2 aromatic carbocycles. The van der Waals surface area contributed by atoms with Gasteiger partial charge in [-0.05, 0) is 30.3 Å². The Morgan fingerprint density at radius 3 is 2.43 bits per heavy atom. The van der Waals surface area contributed by atoms with E-state index in [-0.39, 0.29) is 11.8 Å². The highest BCUT2D eigenvalue weighted by atomic mass is 16.5. The molecule has 0 atom stereocenters. The number of anilines is 3. The molecule has 2 aromatic rings. The average molecular weight is 283 g/mol. The van der Waals surface area contributed by atoms with E-state index in [1.807, 2.05) is 0 Å². The number of rotatable bonds is 3. The highest BCUT2D eigenvalue weighted by Gasteiger charge is 2.26. The maximum atomic E-state index is 11.6. The summed E-state index contributed by atoms with van der Waals surface area (Å²) in [6.45, 7) is 0. The number of nitrogen functional groups attached to an aromatic ring is 1. The highest BCUT2D eigenvalue weighted by molar-refractivity contribution is 6.21. The zero-order valence-corrected chi connectivity index (χ0v) is 11.3. The van der Waals surface area contributed by atoms with Crippen molar-refractivity contribution >= 4 is 28.9 Å². The molecule has 0 saturated carbocycles. The lowest BCUT2D eigenvalue weighted by Gasteiger charge is -2.10. The molecular formula is C15H13N3O3. The number of carbonyl (C=O) groups is 2. The van der Waals surface area contributed by atoms with Gasteiger partial charge in [-0.1, -0.05) is 0 Å². The summed E-state index contributed by atoms with van der Waals surface area (Å²) in [5.41, 5.74) is 8.53. The van der Waals surface area contributed by atoms with E-state index in [4.69, 9.17) is 10.5 Å². The second-order valence-corrected chi connectivity index (χ2v) is 4.63. The first kappa shape index (κ1) is 13.0. The zero-order valence-electron chi connectivity index (χ0n) is 11.3. The lowest BCUT2D eigenvalue weighted by molar-refractivity contribution is 0.0879. The van der Waals surface area contributed by atoms with Gasteiger partial charge < -0.3 is 15.8 Å². The van der Waals surface area contributed by atoms with Crippen molar-refractivity contribution in [3.8, 4) is 5.75 Å². The molecule has 0 radical (unpaired) electrons. The summed E-state index contributed by atoms with van der Waals surface area (Å²) in [6.07, 6.45) is 0. The van der Waals surface area contributed by atoms with Gasteiger partial charge in [-0.3, -0.25) is 14.9 Å². The van der Waals surface area contributed by atoms with Gasteiger partial charge in [0.1, 0.15) is 5.75 Å². The predicted molar refractivity (Wildman–Crippen MR) is 78.9 cm³/mol.